The summed E-state index contributed by atoms with van der Waals surface area (Å²) in [5.41, 5.74) is 0.343. The molecule has 10 nitrogen and oxygen atoms in total. The van der Waals surface area contributed by atoms with Crippen molar-refractivity contribution in [3.63, 3.8) is 0 Å². The first-order valence-corrected chi connectivity index (χ1v) is 17.0. The summed E-state index contributed by atoms with van der Waals surface area (Å²) in [6.45, 7) is 2.69. The second kappa shape index (κ2) is 14.5. The predicted octanol–water partition coefficient (Wildman–Crippen LogP) is 6.14. The number of likely N-dealkylation sites (tertiary alicyclic amines) is 1. The number of nitro benzene ring substituents is 1. The van der Waals surface area contributed by atoms with Gasteiger partial charge in [0.2, 0.25) is 15.9 Å². The van der Waals surface area contributed by atoms with Crippen molar-refractivity contribution >= 4 is 39.2 Å². The summed E-state index contributed by atoms with van der Waals surface area (Å²) in [6, 6.07) is 26.6. The zero-order valence-corrected chi connectivity index (χ0v) is 27.2. The minimum atomic E-state index is -4.64. The number of piperidine rings is 1. The molecule has 1 amide bonds. The number of aryl methyl sites for hydroxylation is 1. The van der Waals surface area contributed by atoms with Crippen molar-refractivity contribution < 1.29 is 27.7 Å². The van der Waals surface area contributed by atoms with E-state index in [1.54, 1.807) is 48.5 Å². The van der Waals surface area contributed by atoms with Gasteiger partial charge in [0.1, 0.15) is 6.04 Å². The van der Waals surface area contributed by atoms with Crippen molar-refractivity contribution in [2.24, 2.45) is 0 Å². The molecule has 12 heteroatoms. The lowest BCUT2D eigenvalue weighted by molar-refractivity contribution is -0.387. The molecule has 0 bridgehead atoms. The Bertz CT molecular complexity index is 1860. The molecule has 2 atom stereocenters. The SMILES string of the molecule is Cc1ccc(C(OC(=O)C[C@H](NS(=O)(=O)c2ccccc2[N+](=O)[O-])C(=O)N2CCCCC2)(c2ccccc2)c2ccccc2Cl)cc1. The number of nitrogens with one attached hydrogen (secondary N) is 1. The van der Waals surface area contributed by atoms with Crippen LogP contribution in [0.3, 0.4) is 0 Å². The van der Waals surface area contributed by atoms with Gasteiger partial charge in [-0.2, -0.15) is 4.72 Å². The lowest BCUT2D eigenvalue weighted by atomic mass is 9.79. The molecule has 1 unspecified atom stereocenters. The quantitative estimate of drug-likeness (QED) is 0.0873. The molecule has 1 N–H and O–H groups in total. The van der Waals surface area contributed by atoms with Crippen LogP contribution in [0.15, 0.2) is 108 Å². The van der Waals surface area contributed by atoms with Gasteiger partial charge < -0.3 is 9.64 Å². The van der Waals surface area contributed by atoms with E-state index in [1.165, 1.54) is 17.0 Å². The third-order valence-electron chi connectivity index (χ3n) is 8.14. The summed E-state index contributed by atoms with van der Waals surface area (Å²) >= 11 is 6.78. The van der Waals surface area contributed by atoms with Crippen LogP contribution in [-0.4, -0.2) is 49.2 Å². The van der Waals surface area contributed by atoms with Gasteiger partial charge in [0, 0.05) is 40.9 Å². The number of rotatable bonds is 11. The maximum atomic E-state index is 14.2. The number of sulfonamides is 1. The summed E-state index contributed by atoms with van der Waals surface area (Å²) in [7, 11) is -4.64. The Balaban J connectivity index is 1.58. The molecule has 4 aromatic rings. The lowest BCUT2D eigenvalue weighted by Crippen LogP contribution is -2.51. The number of para-hydroxylation sites is 1. The second-order valence-electron chi connectivity index (χ2n) is 11.4. The number of benzene rings is 4. The van der Waals surface area contributed by atoms with E-state index < -0.39 is 55.5 Å². The average molecular weight is 676 g/mol. The van der Waals surface area contributed by atoms with E-state index >= 15 is 0 Å². The zero-order chi connectivity index (χ0) is 33.6. The zero-order valence-electron chi connectivity index (χ0n) is 25.7. The van der Waals surface area contributed by atoms with Crippen LogP contribution < -0.4 is 4.72 Å². The lowest BCUT2D eigenvalue weighted by Gasteiger charge is -2.36. The molecule has 0 radical (unpaired) electrons. The van der Waals surface area contributed by atoms with Crippen molar-refractivity contribution in [1.82, 2.24) is 9.62 Å². The summed E-state index contributed by atoms with van der Waals surface area (Å²) < 4.78 is 36.0. The summed E-state index contributed by atoms with van der Waals surface area (Å²) in [5.74, 6) is -1.52. The van der Waals surface area contributed by atoms with Gasteiger partial charge in [0.15, 0.2) is 10.5 Å². The van der Waals surface area contributed by atoms with Crippen LogP contribution in [0.5, 0.6) is 0 Å². The third kappa shape index (κ3) is 7.38. The minimum Gasteiger partial charge on any atom is -0.444 e. The fourth-order valence-corrected chi connectivity index (χ4v) is 7.47. The van der Waals surface area contributed by atoms with Crippen LogP contribution in [0.1, 0.15) is 47.9 Å². The number of hydrogen-bond donors (Lipinski definition) is 1. The fraction of sp³-hybridized carbons (Fsp3) is 0.257. The maximum absolute atomic E-state index is 14.2. The predicted molar refractivity (Wildman–Crippen MR) is 177 cm³/mol. The average Bonchev–Trinajstić information content (AvgIpc) is 3.08. The highest BCUT2D eigenvalue weighted by Gasteiger charge is 2.43. The number of halogens is 1. The van der Waals surface area contributed by atoms with Crippen molar-refractivity contribution in [3.05, 3.63) is 141 Å². The van der Waals surface area contributed by atoms with E-state index in [9.17, 15) is 28.1 Å². The Kier molecular flexibility index (Phi) is 10.4. The molecule has 1 aliphatic heterocycles. The number of amides is 1. The monoisotopic (exact) mass is 675 g/mol. The highest BCUT2D eigenvalue weighted by atomic mass is 35.5. The molecule has 47 heavy (non-hydrogen) atoms. The first kappa shape index (κ1) is 33.8. The van der Waals surface area contributed by atoms with Gasteiger partial charge in [-0.1, -0.05) is 102 Å². The largest absolute Gasteiger partial charge is 0.444 e. The Labute approximate surface area is 278 Å². The second-order valence-corrected chi connectivity index (χ2v) is 13.4. The van der Waals surface area contributed by atoms with Crippen LogP contribution in [0.25, 0.3) is 0 Å². The topological polar surface area (TPSA) is 136 Å². The fourth-order valence-electron chi connectivity index (χ4n) is 5.84. The Hall–Kier alpha value is -4.58. The smallest absolute Gasteiger partial charge is 0.309 e. The minimum absolute atomic E-state index is 0.322. The Morgan fingerprint density at radius 2 is 1.49 bits per heavy atom. The number of nitrogens with zero attached hydrogens (tertiary/aromatic N) is 2. The molecule has 0 saturated carbocycles. The van der Waals surface area contributed by atoms with E-state index in [-0.39, 0.29) is 0 Å². The van der Waals surface area contributed by atoms with Crippen molar-refractivity contribution in [3.8, 4) is 0 Å². The van der Waals surface area contributed by atoms with Gasteiger partial charge >= 0.3 is 5.97 Å². The first-order valence-electron chi connectivity index (χ1n) is 15.2. The number of carbonyl (C=O) groups excluding carboxylic acids is 2. The van der Waals surface area contributed by atoms with E-state index in [1.807, 2.05) is 37.3 Å². The molecule has 1 saturated heterocycles. The van der Waals surface area contributed by atoms with Gasteiger partial charge in [-0.3, -0.25) is 19.7 Å². The van der Waals surface area contributed by atoms with E-state index in [4.69, 9.17) is 16.3 Å². The first-order chi connectivity index (χ1) is 22.5. The van der Waals surface area contributed by atoms with E-state index in [0.29, 0.717) is 34.8 Å². The number of carbonyl (C=O) groups is 2. The van der Waals surface area contributed by atoms with Crippen molar-refractivity contribution in [1.29, 1.82) is 0 Å². The highest BCUT2D eigenvalue weighted by Crippen LogP contribution is 2.44. The van der Waals surface area contributed by atoms with Gasteiger partial charge in [0.05, 0.1) is 11.3 Å². The van der Waals surface area contributed by atoms with Crippen molar-refractivity contribution in [2.45, 2.75) is 49.1 Å². The molecule has 0 aliphatic carbocycles. The van der Waals surface area contributed by atoms with Gasteiger partial charge in [0.25, 0.3) is 5.69 Å². The van der Waals surface area contributed by atoms with Gasteiger partial charge in [-0.15, -0.1) is 0 Å². The standard InChI is InChI=1S/C35H34ClN3O7S/c1-25-18-20-27(21-19-25)35(26-12-4-2-5-13-26,28-14-6-7-15-29(28)36)46-33(40)24-30(34(41)38-22-10-3-11-23-38)37-47(44,45)32-17-9-8-16-31(32)39(42)43/h2,4-9,12-21,30,37H,3,10-11,22-24H2,1H3/t30-,35?/m0/s1. The molecule has 4 aromatic carbocycles. The number of hydrogen-bond acceptors (Lipinski definition) is 7. The van der Waals surface area contributed by atoms with Crippen LogP contribution >= 0.6 is 11.6 Å². The normalized spacial score (nSPS) is 15.3. The summed E-state index contributed by atoms with van der Waals surface area (Å²) in [4.78, 5) is 39.8. The molecular weight excluding hydrogens is 642 g/mol. The Morgan fingerprint density at radius 3 is 2.15 bits per heavy atom. The van der Waals surface area contributed by atoms with Crippen LogP contribution in [0.2, 0.25) is 5.02 Å². The number of nitro groups is 1. The molecule has 244 valence electrons. The van der Waals surface area contributed by atoms with Crippen LogP contribution in [-0.2, 0) is 30.0 Å². The number of ether oxygens (including phenoxy) is 1. The summed E-state index contributed by atoms with van der Waals surface area (Å²) in [6.07, 6.45) is 1.65. The molecule has 1 aliphatic rings. The summed E-state index contributed by atoms with van der Waals surface area (Å²) in [5, 5.41) is 12.0. The van der Waals surface area contributed by atoms with Gasteiger partial charge in [-0.05, 0) is 38.3 Å². The van der Waals surface area contributed by atoms with Crippen LogP contribution in [0.4, 0.5) is 5.69 Å². The molecular formula is C35H34ClN3O7S. The molecule has 0 spiro atoms. The third-order valence-corrected chi connectivity index (χ3v) is 9.99. The maximum Gasteiger partial charge on any atom is 0.309 e. The number of esters is 1. The van der Waals surface area contributed by atoms with Crippen LogP contribution in [0, 0.1) is 17.0 Å². The molecule has 1 fully saturated rings. The molecule has 5 rings (SSSR count). The molecule has 0 aromatic heterocycles. The Morgan fingerprint density at radius 1 is 0.894 bits per heavy atom. The van der Waals surface area contributed by atoms with E-state index in [0.717, 1.165) is 37.0 Å². The van der Waals surface area contributed by atoms with E-state index in [2.05, 4.69) is 4.72 Å². The van der Waals surface area contributed by atoms with Crippen molar-refractivity contribution in [2.75, 3.05) is 13.1 Å². The molecule has 1 heterocycles. The highest BCUT2D eigenvalue weighted by molar-refractivity contribution is 7.89. The van der Waals surface area contributed by atoms with Gasteiger partial charge in [-0.25, -0.2) is 8.42 Å².